The molecule has 1 aromatic carbocycles. The molecule has 24 heavy (non-hydrogen) atoms. The fourth-order valence-corrected chi connectivity index (χ4v) is 2.67. The molecule has 1 aliphatic heterocycles. The van der Waals surface area contributed by atoms with Crippen LogP contribution in [0.15, 0.2) is 30.3 Å². The summed E-state index contributed by atoms with van der Waals surface area (Å²) in [6, 6.07) is 9.34. The van der Waals surface area contributed by atoms with Gasteiger partial charge in [0.25, 0.3) is 5.91 Å². The van der Waals surface area contributed by atoms with Crippen molar-refractivity contribution < 1.29 is 9.53 Å². The highest BCUT2D eigenvalue weighted by Crippen LogP contribution is 2.16. The van der Waals surface area contributed by atoms with Crippen LogP contribution < -0.4 is 10.6 Å². The highest BCUT2D eigenvalue weighted by Gasteiger charge is 2.16. The van der Waals surface area contributed by atoms with Crippen molar-refractivity contribution in [3.05, 3.63) is 47.3 Å². The summed E-state index contributed by atoms with van der Waals surface area (Å²) < 4.78 is 5.58. The number of hydrogen-bond donors (Lipinski definition) is 2. The molecule has 126 valence electrons. The van der Waals surface area contributed by atoms with Gasteiger partial charge in [-0.1, -0.05) is 18.2 Å². The summed E-state index contributed by atoms with van der Waals surface area (Å²) >= 11 is 0. The molecule has 1 saturated heterocycles. The van der Waals surface area contributed by atoms with Crippen LogP contribution in [0.5, 0.6) is 0 Å². The summed E-state index contributed by atoms with van der Waals surface area (Å²) in [5.41, 5.74) is 2.89. The summed E-state index contributed by atoms with van der Waals surface area (Å²) in [6.07, 6.45) is 2.32. The molecule has 1 atom stereocenters. The minimum Gasteiger partial charge on any atom is -0.376 e. The molecule has 6 nitrogen and oxygen atoms in total. The number of rotatable bonds is 5. The van der Waals surface area contributed by atoms with Gasteiger partial charge < -0.3 is 15.4 Å². The Kier molecular flexibility index (Phi) is 5.05. The quantitative estimate of drug-likeness (QED) is 0.883. The predicted molar refractivity (Wildman–Crippen MR) is 93.4 cm³/mol. The Morgan fingerprint density at radius 3 is 2.88 bits per heavy atom. The van der Waals surface area contributed by atoms with Gasteiger partial charge in [0.2, 0.25) is 5.95 Å². The van der Waals surface area contributed by atoms with E-state index in [-0.39, 0.29) is 12.0 Å². The molecular weight excluding hydrogens is 304 g/mol. The summed E-state index contributed by atoms with van der Waals surface area (Å²) in [6.45, 7) is 5.27. The average Bonchev–Trinajstić information content (AvgIpc) is 3.08. The minimum absolute atomic E-state index is 0.193. The van der Waals surface area contributed by atoms with Crippen LogP contribution in [0, 0.1) is 13.8 Å². The first-order valence-electron chi connectivity index (χ1n) is 8.20. The molecular formula is C18H22N4O2. The zero-order valence-electron chi connectivity index (χ0n) is 14.0. The van der Waals surface area contributed by atoms with Gasteiger partial charge in [0.15, 0.2) is 0 Å². The van der Waals surface area contributed by atoms with E-state index < -0.39 is 0 Å². The number of carbonyl (C=O) groups excluding carboxylic acids is 1. The smallest absolute Gasteiger partial charge is 0.274 e. The standard InChI is InChI=1S/C18H22N4O2/c1-12-6-3-4-8-15(12)21-17(23)16-10-13(2)20-18(22-16)19-11-14-7-5-9-24-14/h3-4,6,8,10,14H,5,7,9,11H2,1-2H3,(H,21,23)(H,19,20,22). The number of carbonyl (C=O) groups is 1. The van der Waals surface area contributed by atoms with Gasteiger partial charge in [0.05, 0.1) is 6.10 Å². The Labute approximate surface area is 141 Å². The lowest BCUT2D eigenvalue weighted by Crippen LogP contribution is -2.21. The molecule has 1 unspecified atom stereocenters. The van der Waals surface area contributed by atoms with E-state index >= 15 is 0 Å². The van der Waals surface area contributed by atoms with E-state index in [2.05, 4.69) is 20.6 Å². The van der Waals surface area contributed by atoms with E-state index in [1.54, 1.807) is 6.07 Å². The van der Waals surface area contributed by atoms with E-state index in [4.69, 9.17) is 4.74 Å². The fraction of sp³-hybridized carbons (Fsp3) is 0.389. The van der Waals surface area contributed by atoms with Crippen LogP contribution in [0.2, 0.25) is 0 Å². The lowest BCUT2D eigenvalue weighted by molar-refractivity contribution is 0.102. The summed E-state index contributed by atoms with van der Waals surface area (Å²) in [4.78, 5) is 21.2. The molecule has 6 heteroatoms. The number of amides is 1. The van der Waals surface area contributed by atoms with Crippen molar-refractivity contribution in [2.45, 2.75) is 32.8 Å². The van der Waals surface area contributed by atoms with Crippen molar-refractivity contribution in [3.63, 3.8) is 0 Å². The number of aryl methyl sites for hydroxylation is 2. The largest absolute Gasteiger partial charge is 0.376 e. The molecule has 1 fully saturated rings. The van der Waals surface area contributed by atoms with Crippen molar-refractivity contribution >= 4 is 17.5 Å². The van der Waals surface area contributed by atoms with Gasteiger partial charge in [-0.05, 0) is 44.4 Å². The van der Waals surface area contributed by atoms with Crippen LogP contribution in [0.1, 0.15) is 34.6 Å². The number of aromatic nitrogens is 2. The lowest BCUT2D eigenvalue weighted by atomic mass is 10.2. The van der Waals surface area contributed by atoms with Gasteiger partial charge in [-0.25, -0.2) is 9.97 Å². The maximum atomic E-state index is 12.5. The first-order chi connectivity index (χ1) is 11.6. The highest BCUT2D eigenvalue weighted by molar-refractivity contribution is 6.03. The molecule has 2 heterocycles. The van der Waals surface area contributed by atoms with E-state index in [1.807, 2.05) is 38.1 Å². The third-order valence-electron chi connectivity index (χ3n) is 3.99. The Bertz CT molecular complexity index is 727. The number of benzene rings is 1. The second-order valence-electron chi connectivity index (χ2n) is 6.00. The number of nitrogens with one attached hydrogen (secondary N) is 2. The van der Waals surface area contributed by atoms with Crippen LogP contribution in [0.3, 0.4) is 0 Å². The van der Waals surface area contributed by atoms with Gasteiger partial charge in [0.1, 0.15) is 5.69 Å². The Morgan fingerprint density at radius 1 is 1.29 bits per heavy atom. The number of para-hydroxylation sites is 1. The molecule has 1 aliphatic rings. The summed E-state index contributed by atoms with van der Waals surface area (Å²) in [5.74, 6) is 0.218. The molecule has 1 aromatic heterocycles. The van der Waals surface area contributed by atoms with E-state index in [9.17, 15) is 4.79 Å². The van der Waals surface area contributed by atoms with Gasteiger partial charge >= 0.3 is 0 Å². The molecule has 1 amide bonds. The number of anilines is 2. The molecule has 0 saturated carbocycles. The van der Waals surface area contributed by atoms with Crippen LogP contribution >= 0.6 is 0 Å². The topological polar surface area (TPSA) is 76.1 Å². The minimum atomic E-state index is -0.241. The van der Waals surface area contributed by atoms with E-state index in [0.29, 0.717) is 18.2 Å². The van der Waals surface area contributed by atoms with E-state index in [1.165, 1.54) is 0 Å². The van der Waals surface area contributed by atoms with Gasteiger partial charge in [0, 0.05) is 24.5 Å². The van der Waals surface area contributed by atoms with Crippen LogP contribution in [-0.2, 0) is 4.74 Å². The molecule has 2 aromatic rings. The first-order valence-corrected chi connectivity index (χ1v) is 8.20. The monoisotopic (exact) mass is 326 g/mol. The molecule has 0 radical (unpaired) electrons. The number of hydrogen-bond acceptors (Lipinski definition) is 5. The second kappa shape index (κ2) is 7.40. The third kappa shape index (κ3) is 4.08. The van der Waals surface area contributed by atoms with Crippen LogP contribution in [-0.4, -0.2) is 35.1 Å². The number of ether oxygens (including phenoxy) is 1. The highest BCUT2D eigenvalue weighted by atomic mass is 16.5. The van der Waals surface area contributed by atoms with Crippen molar-refractivity contribution in [1.82, 2.24) is 9.97 Å². The van der Waals surface area contributed by atoms with Gasteiger partial charge in [-0.15, -0.1) is 0 Å². The molecule has 0 aliphatic carbocycles. The van der Waals surface area contributed by atoms with Crippen molar-refractivity contribution in [3.8, 4) is 0 Å². The fourth-order valence-electron chi connectivity index (χ4n) is 2.67. The predicted octanol–water partition coefficient (Wildman–Crippen LogP) is 2.94. The number of nitrogens with zero attached hydrogens (tertiary/aromatic N) is 2. The van der Waals surface area contributed by atoms with E-state index in [0.717, 1.165) is 36.4 Å². The van der Waals surface area contributed by atoms with Gasteiger partial charge in [-0.3, -0.25) is 4.79 Å². The Balaban J connectivity index is 1.70. The first kappa shape index (κ1) is 16.4. The normalized spacial score (nSPS) is 16.8. The van der Waals surface area contributed by atoms with Gasteiger partial charge in [-0.2, -0.15) is 0 Å². The molecule has 3 rings (SSSR count). The summed E-state index contributed by atoms with van der Waals surface area (Å²) in [7, 11) is 0. The maximum Gasteiger partial charge on any atom is 0.274 e. The average molecular weight is 326 g/mol. The molecule has 0 bridgehead atoms. The maximum absolute atomic E-state index is 12.5. The third-order valence-corrected chi connectivity index (χ3v) is 3.99. The van der Waals surface area contributed by atoms with Crippen LogP contribution in [0.4, 0.5) is 11.6 Å². The zero-order chi connectivity index (χ0) is 16.9. The van der Waals surface area contributed by atoms with Crippen molar-refractivity contribution in [2.24, 2.45) is 0 Å². The summed E-state index contributed by atoms with van der Waals surface area (Å²) in [5, 5.41) is 6.07. The second-order valence-corrected chi connectivity index (χ2v) is 6.00. The van der Waals surface area contributed by atoms with Crippen molar-refractivity contribution in [1.29, 1.82) is 0 Å². The molecule has 2 N–H and O–H groups in total. The van der Waals surface area contributed by atoms with Crippen molar-refractivity contribution in [2.75, 3.05) is 23.8 Å². The SMILES string of the molecule is Cc1cc(C(=O)Nc2ccccc2C)nc(NCC2CCCO2)n1. The molecule has 0 spiro atoms. The zero-order valence-corrected chi connectivity index (χ0v) is 14.0. The van der Waals surface area contributed by atoms with Crippen LogP contribution in [0.25, 0.3) is 0 Å². The Hall–Kier alpha value is -2.47. The Morgan fingerprint density at radius 2 is 2.12 bits per heavy atom. The lowest BCUT2D eigenvalue weighted by Gasteiger charge is -2.12.